The Hall–Kier alpha value is -2.14. The molecule has 3 rings (SSSR count). The topological polar surface area (TPSA) is 47.6 Å². The van der Waals surface area contributed by atoms with E-state index in [0.29, 0.717) is 19.6 Å². The second kappa shape index (κ2) is 8.81. The Balaban J connectivity index is 1.32. The van der Waals surface area contributed by atoms with Gasteiger partial charge in [-0.25, -0.2) is 0 Å². The zero-order chi connectivity index (χ0) is 17.5. The molecule has 1 N–H and O–H groups in total. The van der Waals surface area contributed by atoms with Gasteiger partial charge in [-0.1, -0.05) is 18.2 Å². The Morgan fingerprint density at radius 1 is 1.04 bits per heavy atom. The summed E-state index contributed by atoms with van der Waals surface area (Å²) in [6, 6.07) is 13.9. The molecule has 0 radical (unpaired) electrons. The first kappa shape index (κ1) is 17.7. The zero-order valence-electron chi connectivity index (χ0n) is 14.4. The fourth-order valence-electron chi connectivity index (χ4n) is 2.70. The lowest BCUT2D eigenvalue weighted by Gasteiger charge is -2.17. The van der Waals surface area contributed by atoms with Crippen LogP contribution in [0.2, 0.25) is 0 Å². The lowest BCUT2D eigenvalue weighted by atomic mass is 10.0. The van der Waals surface area contributed by atoms with Crippen LogP contribution in [0.4, 0.5) is 5.69 Å². The minimum atomic E-state index is 0.0884. The summed E-state index contributed by atoms with van der Waals surface area (Å²) in [5.41, 5.74) is 3.22. The summed E-state index contributed by atoms with van der Waals surface area (Å²) in [6.07, 6.45) is 1.33. The first-order chi connectivity index (χ1) is 12.2. The third-order valence-corrected chi connectivity index (χ3v) is 4.96. The van der Waals surface area contributed by atoms with Crippen LogP contribution in [0.1, 0.15) is 17.5 Å². The van der Waals surface area contributed by atoms with Crippen molar-refractivity contribution in [1.82, 2.24) is 0 Å². The third kappa shape index (κ3) is 5.16. The van der Waals surface area contributed by atoms with Crippen molar-refractivity contribution < 1.29 is 14.3 Å². The van der Waals surface area contributed by atoms with Crippen molar-refractivity contribution >= 4 is 23.4 Å². The summed E-state index contributed by atoms with van der Waals surface area (Å²) < 4.78 is 11.6. The number of ether oxygens (including phenoxy) is 2. The Bertz CT molecular complexity index is 733. The van der Waals surface area contributed by atoms with Crippen LogP contribution in [0.15, 0.2) is 42.5 Å². The standard InChI is InChI=1S/C20H23NO3S/c1-15-4-2-3-5-19(15)24-11-13-25-12-10-23-17-7-8-18-16(14-17)6-9-20(22)21-18/h2-5,7-8,14H,6,9-13H2,1H3,(H,21,22). The van der Waals surface area contributed by atoms with Crippen molar-refractivity contribution in [3.8, 4) is 11.5 Å². The molecule has 1 amide bonds. The first-order valence-corrected chi connectivity index (χ1v) is 9.69. The highest BCUT2D eigenvalue weighted by atomic mass is 32.2. The van der Waals surface area contributed by atoms with Crippen molar-refractivity contribution in [2.45, 2.75) is 19.8 Å². The highest BCUT2D eigenvalue weighted by Gasteiger charge is 2.14. The summed E-state index contributed by atoms with van der Waals surface area (Å²) in [4.78, 5) is 11.4. The molecule has 0 atom stereocenters. The molecule has 2 aromatic carbocycles. The molecule has 25 heavy (non-hydrogen) atoms. The van der Waals surface area contributed by atoms with Gasteiger partial charge in [-0.3, -0.25) is 4.79 Å². The predicted molar refractivity (Wildman–Crippen MR) is 103 cm³/mol. The van der Waals surface area contributed by atoms with Crippen molar-refractivity contribution in [1.29, 1.82) is 0 Å². The van der Waals surface area contributed by atoms with Gasteiger partial charge in [0.05, 0.1) is 13.2 Å². The summed E-state index contributed by atoms with van der Waals surface area (Å²) >= 11 is 1.82. The van der Waals surface area contributed by atoms with Crippen molar-refractivity contribution in [3.05, 3.63) is 53.6 Å². The highest BCUT2D eigenvalue weighted by Crippen LogP contribution is 2.26. The van der Waals surface area contributed by atoms with Crippen LogP contribution >= 0.6 is 11.8 Å². The van der Waals surface area contributed by atoms with Crippen LogP contribution in [-0.4, -0.2) is 30.6 Å². The van der Waals surface area contributed by atoms with Gasteiger partial charge in [0.2, 0.25) is 5.91 Å². The molecule has 1 aliphatic heterocycles. The summed E-state index contributed by atoms with van der Waals surface area (Å²) in [5, 5.41) is 2.88. The summed E-state index contributed by atoms with van der Waals surface area (Å²) in [7, 11) is 0. The lowest BCUT2D eigenvalue weighted by molar-refractivity contribution is -0.116. The summed E-state index contributed by atoms with van der Waals surface area (Å²) in [6.45, 7) is 3.43. The summed E-state index contributed by atoms with van der Waals surface area (Å²) in [5.74, 6) is 3.77. The number of hydrogen-bond acceptors (Lipinski definition) is 4. The number of nitrogens with one attached hydrogen (secondary N) is 1. The zero-order valence-corrected chi connectivity index (χ0v) is 15.2. The quantitative estimate of drug-likeness (QED) is 0.724. The number of aryl methyl sites for hydroxylation is 2. The Kier molecular flexibility index (Phi) is 6.23. The van der Waals surface area contributed by atoms with E-state index in [1.807, 2.05) is 48.2 Å². The van der Waals surface area contributed by atoms with Crippen LogP contribution in [0.3, 0.4) is 0 Å². The maximum atomic E-state index is 11.4. The highest BCUT2D eigenvalue weighted by molar-refractivity contribution is 7.99. The monoisotopic (exact) mass is 357 g/mol. The SMILES string of the molecule is Cc1ccccc1OCCSCCOc1ccc2c(c1)CCC(=O)N2. The number of carbonyl (C=O) groups excluding carboxylic acids is 1. The van der Waals surface area contributed by atoms with E-state index in [-0.39, 0.29) is 5.91 Å². The molecular weight excluding hydrogens is 334 g/mol. The maximum absolute atomic E-state index is 11.4. The molecular formula is C20H23NO3S. The van der Waals surface area contributed by atoms with Crippen LogP contribution in [0, 0.1) is 6.92 Å². The van der Waals surface area contributed by atoms with Gasteiger partial charge in [-0.15, -0.1) is 0 Å². The van der Waals surface area contributed by atoms with Gasteiger partial charge in [-0.2, -0.15) is 11.8 Å². The molecule has 0 fully saturated rings. The van der Waals surface area contributed by atoms with Crippen molar-refractivity contribution in [2.24, 2.45) is 0 Å². The van der Waals surface area contributed by atoms with Crippen LogP contribution in [-0.2, 0) is 11.2 Å². The van der Waals surface area contributed by atoms with E-state index >= 15 is 0 Å². The third-order valence-electron chi connectivity index (χ3n) is 4.05. The van der Waals surface area contributed by atoms with Gasteiger partial charge < -0.3 is 14.8 Å². The molecule has 1 heterocycles. The van der Waals surface area contributed by atoms with Crippen LogP contribution < -0.4 is 14.8 Å². The number of fused-ring (bicyclic) bond motifs is 1. The largest absolute Gasteiger partial charge is 0.493 e. The number of hydrogen-bond donors (Lipinski definition) is 1. The molecule has 1 aliphatic rings. The van der Waals surface area contributed by atoms with Gasteiger partial charge in [0.1, 0.15) is 11.5 Å². The molecule has 2 aromatic rings. The van der Waals surface area contributed by atoms with Gasteiger partial charge in [0, 0.05) is 23.6 Å². The van der Waals surface area contributed by atoms with E-state index in [0.717, 1.165) is 40.7 Å². The second-order valence-electron chi connectivity index (χ2n) is 5.94. The second-order valence-corrected chi connectivity index (χ2v) is 7.17. The van der Waals surface area contributed by atoms with Crippen LogP contribution in [0.25, 0.3) is 0 Å². The van der Waals surface area contributed by atoms with E-state index in [4.69, 9.17) is 9.47 Å². The normalized spacial score (nSPS) is 13.1. The van der Waals surface area contributed by atoms with E-state index in [1.165, 1.54) is 5.56 Å². The molecule has 0 bridgehead atoms. The fraction of sp³-hybridized carbons (Fsp3) is 0.350. The minimum Gasteiger partial charge on any atom is -0.493 e. The van der Waals surface area contributed by atoms with Gasteiger partial charge in [0.25, 0.3) is 0 Å². The van der Waals surface area contributed by atoms with E-state index in [1.54, 1.807) is 0 Å². The van der Waals surface area contributed by atoms with Gasteiger partial charge in [-0.05, 0) is 48.7 Å². The van der Waals surface area contributed by atoms with Crippen molar-refractivity contribution in [3.63, 3.8) is 0 Å². The van der Waals surface area contributed by atoms with E-state index in [2.05, 4.69) is 18.3 Å². The number of carbonyl (C=O) groups is 1. The Morgan fingerprint density at radius 3 is 2.68 bits per heavy atom. The molecule has 0 saturated heterocycles. The average molecular weight is 357 g/mol. The number of amides is 1. The number of anilines is 1. The molecule has 0 unspecified atom stereocenters. The minimum absolute atomic E-state index is 0.0884. The average Bonchev–Trinajstić information content (AvgIpc) is 2.62. The molecule has 4 nitrogen and oxygen atoms in total. The van der Waals surface area contributed by atoms with Crippen molar-refractivity contribution in [2.75, 3.05) is 30.0 Å². The molecule has 0 saturated carbocycles. The number of thioether (sulfide) groups is 1. The van der Waals surface area contributed by atoms with Gasteiger partial charge in [0.15, 0.2) is 0 Å². The van der Waals surface area contributed by atoms with Gasteiger partial charge >= 0.3 is 0 Å². The predicted octanol–water partition coefficient (Wildman–Crippen LogP) is 4.07. The molecule has 0 aromatic heterocycles. The number of benzene rings is 2. The smallest absolute Gasteiger partial charge is 0.224 e. The molecule has 5 heteroatoms. The van der Waals surface area contributed by atoms with E-state index in [9.17, 15) is 4.79 Å². The molecule has 0 aliphatic carbocycles. The maximum Gasteiger partial charge on any atom is 0.224 e. The first-order valence-electron chi connectivity index (χ1n) is 8.54. The Labute approximate surface area is 152 Å². The lowest BCUT2D eigenvalue weighted by Crippen LogP contribution is -2.18. The number of rotatable bonds is 8. The molecule has 0 spiro atoms. The number of para-hydroxylation sites is 1. The molecule has 132 valence electrons. The van der Waals surface area contributed by atoms with Crippen LogP contribution in [0.5, 0.6) is 11.5 Å². The van der Waals surface area contributed by atoms with E-state index < -0.39 is 0 Å². The Morgan fingerprint density at radius 2 is 1.84 bits per heavy atom. The fourth-order valence-corrected chi connectivity index (χ4v) is 3.31.